The van der Waals surface area contributed by atoms with Gasteiger partial charge in [-0.1, -0.05) is 116 Å². The lowest BCUT2D eigenvalue weighted by Crippen LogP contribution is -2.60. The lowest BCUT2D eigenvalue weighted by atomic mass is 9.89. The van der Waals surface area contributed by atoms with Crippen molar-refractivity contribution in [2.45, 2.75) is 130 Å². The molecule has 0 bridgehead atoms. The number of rotatable bonds is 25. The molecule has 350 valence electrons. The average Bonchev–Trinajstić information content (AvgIpc) is 3.75. The number of carbonyl (C=O) groups is 6. The largest absolute Gasteiger partial charge is 0.480 e. The summed E-state index contributed by atoms with van der Waals surface area (Å²) in [4.78, 5) is 86.1. The Bertz CT molecular complexity index is 1780. The van der Waals surface area contributed by atoms with E-state index in [1.165, 1.54) is 26.2 Å². The van der Waals surface area contributed by atoms with Crippen molar-refractivity contribution in [1.29, 1.82) is 0 Å². The van der Waals surface area contributed by atoms with Gasteiger partial charge in [0.05, 0.1) is 37.3 Å². The summed E-state index contributed by atoms with van der Waals surface area (Å²) < 4.78 is 17.5. The van der Waals surface area contributed by atoms with E-state index in [-0.39, 0.29) is 61.3 Å². The van der Waals surface area contributed by atoms with Gasteiger partial charge in [0.15, 0.2) is 5.78 Å². The first-order valence-corrected chi connectivity index (χ1v) is 22.3. The van der Waals surface area contributed by atoms with E-state index in [0.717, 1.165) is 11.1 Å². The van der Waals surface area contributed by atoms with Gasteiger partial charge in [-0.05, 0) is 48.1 Å². The lowest BCUT2D eigenvalue weighted by molar-refractivity contribution is -0.148. The maximum atomic E-state index is 14.5. The molecule has 0 spiro atoms. The van der Waals surface area contributed by atoms with Gasteiger partial charge >= 0.3 is 12.1 Å². The number of nitrogens with one attached hydrogen (secondary N) is 2. The van der Waals surface area contributed by atoms with Crippen LogP contribution in [0.4, 0.5) is 4.79 Å². The smallest absolute Gasteiger partial charge is 0.410 e. The van der Waals surface area contributed by atoms with Crippen molar-refractivity contribution in [1.82, 2.24) is 25.3 Å². The number of ketones is 1. The summed E-state index contributed by atoms with van der Waals surface area (Å²) in [7, 11) is 6.20. The van der Waals surface area contributed by atoms with Crippen molar-refractivity contribution in [3.8, 4) is 0 Å². The van der Waals surface area contributed by atoms with E-state index in [1.807, 2.05) is 102 Å². The highest BCUT2D eigenvalue weighted by molar-refractivity contribution is 5.92. The number of nitrogens with zero attached hydrogens (tertiary/aromatic N) is 3. The second-order valence-corrected chi connectivity index (χ2v) is 17.6. The molecule has 2 unspecified atom stereocenters. The van der Waals surface area contributed by atoms with Gasteiger partial charge in [-0.3, -0.25) is 34.2 Å². The Kier molecular flexibility index (Phi) is 21.2. The van der Waals surface area contributed by atoms with E-state index in [1.54, 1.807) is 23.8 Å². The third-order valence-electron chi connectivity index (χ3n) is 12.5. The van der Waals surface area contributed by atoms with Crippen molar-refractivity contribution in [3.63, 3.8) is 0 Å². The van der Waals surface area contributed by atoms with Crippen LogP contribution in [0.1, 0.15) is 85.3 Å². The molecule has 2 aromatic carbocycles. The number of carbonyl (C=O) groups excluding carboxylic acids is 5. The first-order valence-electron chi connectivity index (χ1n) is 22.3. The number of benzene rings is 2. The average molecular weight is 880 g/mol. The fourth-order valence-electron chi connectivity index (χ4n) is 8.65. The number of likely N-dealkylation sites (tertiary alicyclic amines) is 1. The van der Waals surface area contributed by atoms with Gasteiger partial charge in [0, 0.05) is 40.8 Å². The van der Waals surface area contributed by atoms with Gasteiger partial charge in [0.2, 0.25) is 17.7 Å². The van der Waals surface area contributed by atoms with Gasteiger partial charge in [-0.25, -0.2) is 4.79 Å². The van der Waals surface area contributed by atoms with Gasteiger partial charge in [-0.2, -0.15) is 0 Å². The van der Waals surface area contributed by atoms with Crippen LogP contribution in [0.5, 0.6) is 0 Å². The van der Waals surface area contributed by atoms with Crippen LogP contribution in [-0.2, 0) is 51.2 Å². The zero-order chi connectivity index (χ0) is 47.0. The number of carboxylic acid groups (broad SMARTS) is 1. The Balaban J connectivity index is 1.74. The van der Waals surface area contributed by atoms with Crippen LogP contribution in [-0.4, -0.2) is 139 Å². The van der Waals surface area contributed by atoms with Crippen LogP contribution in [0.3, 0.4) is 0 Å². The van der Waals surface area contributed by atoms with Crippen LogP contribution >= 0.6 is 0 Å². The fourth-order valence-corrected chi connectivity index (χ4v) is 8.65. The zero-order valence-corrected chi connectivity index (χ0v) is 39.2. The highest BCUT2D eigenvalue weighted by Gasteiger charge is 2.43. The van der Waals surface area contributed by atoms with E-state index in [9.17, 15) is 33.9 Å². The molecule has 63 heavy (non-hydrogen) atoms. The monoisotopic (exact) mass is 880 g/mol. The quantitative estimate of drug-likeness (QED) is 0.119. The molecule has 15 nitrogen and oxygen atoms in total. The van der Waals surface area contributed by atoms with Crippen molar-refractivity contribution >= 4 is 35.6 Å². The van der Waals surface area contributed by atoms with Crippen LogP contribution < -0.4 is 10.6 Å². The molecule has 3 N–H and O–H groups in total. The summed E-state index contributed by atoms with van der Waals surface area (Å²) in [5.41, 5.74) is 1.64. The summed E-state index contributed by atoms with van der Waals surface area (Å²) >= 11 is 0. The van der Waals surface area contributed by atoms with Gasteiger partial charge < -0.3 is 34.4 Å². The molecule has 2 aromatic rings. The maximum Gasteiger partial charge on any atom is 0.410 e. The predicted molar refractivity (Wildman–Crippen MR) is 240 cm³/mol. The summed E-state index contributed by atoms with van der Waals surface area (Å²) in [6.07, 6.45) is 0.108. The molecule has 0 aromatic heterocycles. The Morgan fingerprint density at radius 1 is 0.841 bits per heavy atom. The molecule has 0 aliphatic carbocycles. The van der Waals surface area contributed by atoms with Crippen molar-refractivity contribution in [3.05, 3.63) is 71.8 Å². The first-order chi connectivity index (χ1) is 29.9. The minimum atomic E-state index is -1.06. The summed E-state index contributed by atoms with van der Waals surface area (Å²) in [5, 5.41) is 15.7. The van der Waals surface area contributed by atoms with E-state index < -0.39 is 66.3 Å². The maximum absolute atomic E-state index is 14.5. The van der Waals surface area contributed by atoms with Crippen molar-refractivity contribution in [2.24, 2.45) is 23.7 Å². The number of likely N-dealkylation sites (N-methyl/N-ethyl adjacent to an activating group) is 2. The molecule has 3 rings (SSSR count). The minimum absolute atomic E-state index is 0.0445. The van der Waals surface area contributed by atoms with Gasteiger partial charge in [0.25, 0.3) is 0 Å². The van der Waals surface area contributed by atoms with Crippen LogP contribution in [0.25, 0.3) is 0 Å². The Labute approximate surface area is 374 Å². The fraction of sp³-hybridized carbons (Fsp3) is 0.625. The summed E-state index contributed by atoms with van der Waals surface area (Å²) in [5.74, 6) is -3.75. The zero-order valence-electron chi connectivity index (χ0n) is 39.2. The molecule has 0 saturated carbocycles. The van der Waals surface area contributed by atoms with E-state index in [0.29, 0.717) is 25.8 Å². The van der Waals surface area contributed by atoms with Gasteiger partial charge in [0.1, 0.15) is 24.7 Å². The van der Waals surface area contributed by atoms with Crippen molar-refractivity contribution < 1.29 is 48.1 Å². The molecule has 1 aliphatic rings. The normalized spacial score (nSPS) is 17.8. The standard InChI is InChI=1S/C48H73N5O10/c1-12-32(6)43(51(8)46(57)41(30(2)3)50-45(56)42(31(4)5)52(9)48(60)63-29-35-22-17-14-18-23-35)39(61-10)27-40(55)53-25-19-24-37(53)44(62-11)33(7)38(54)28-49-36(47(58)59)26-34-20-15-13-16-21-34/h13-18,20-23,30-33,36-37,39,41-44,49H,12,19,24-29H2,1-11H3,(H,50,56)(H,58,59)/t32?,33-,36?,37-,39+,41-,42-,43-,44+/m0/s1. The molecular formula is C48H73N5O10. The number of carboxylic acids is 1. The van der Waals surface area contributed by atoms with E-state index in [2.05, 4.69) is 10.6 Å². The van der Waals surface area contributed by atoms with Crippen molar-refractivity contribution in [2.75, 3.05) is 41.4 Å². The number of Topliss-reactive ketones (excluding diaryl/α,β-unsaturated/α-hetero) is 1. The first kappa shape index (κ1) is 52.5. The van der Waals surface area contributed by atoms with Crippen LogP contribution in [0, 0.1) is 23.7 Å². The lowest BCUT2D eigenvalue weighted by Gasteiger charge is -2.41. The number of ether oxygens (including phenoxy) is 3. The Morgan fingerprint density at radius 2 is 1.44 bits per heavy atom. The second-order valence-electron chi connectivity index (χ2n) is 17.6. The van der Waals surface area contributed by atoms with E-state index in [4.69, 9.17) is 14.2 Å². The topological polar surface area (TPSA) is 184 Å². The molecule has 4 amide bonds. The molecule has 1 heterocycles. The molecule has 1 saturated heterocycles. The SMILES string of the molecule is CCC(C)[C@@H]([C@@H](CC(=O)N1CCC[C@H]1[C@H](OC)[C@@H](C)C(=O)CNC(Cc1ccccc1)C(=O)O)OC)N(C)C(=O)[C@@H](NC(=O)[C@H](C(C)C)N(C)C(=O)OCc1ccccc1)C(C)C. The van der Waals surface area contributed by atoms with Crippen LogP contribution in [0.15, 0.2) is 60.7 Å². The van der Waals surface area contributed by atoms with Gasteiger partial charge in [-0.15, -0.1) is 0 Å². The summed E-state index contributed by atoms with van der Waals surface area (Å²) in [6, 6.07) is 14.6. The number of aliphatic carboxylic acids is 1. The molecule has 1 fully saturated rings. The predicted octanol–water partition coefficient (Wildman–Crippen LogP) is 5.20. The minimum Gasteiger partial charge on any atom is -0.480 e. The summed E-state index contributed by atoms with van der Waals surface area (Å²) in [6.45, 7) is 13.4. The Morgan fingerprint density at radius 3 is 1.97 bits per heavy atom. The van der Waals surface area contributed by atoms with Crippen LogP contribution in [0.2, 0.25) is 0 Å². The molecule has 0 radical (unpaired) electrons. The number of hydrogen-bond acceptors (Lipinski definition) is 10. The third kappa shape index (κ3) is 14.6. The second kappa shape index (κ2) is 25.4. The highest BCUT2D eigenvalue weighted by Crippen LogP contribution is 2.30. The number of hydrogen-bond donors (Lipinski definition) is 3. The number of amides is 4. The molecule has 1 aliphatic heterocycles. The number of methoxy groups -OCH3 is 2. The third-order valence-corrected chi connectivity index (χ3v) is 12.5. The van der Waals surface area contributed by atoms with E-state index >= 15 is 0 Å². The molecule has 15 heteroatoms. The molecule has 9 atom stereocenters. The highest BCUT2D eigenvalue weighted by atomic mass is 16.6. The Hall–Kier alpha value is -4.86. The molecular weight excluding hydrogens is 807 g/mol.